The first-order valence-electron chi connectivity index (χ1n) is 17.2. The van der Waals surface area contributed by atoms with Crippen LogP contribution in [0.1, 0.15) is 67.3 Å². The molecule has 0 radical (unpaired) electrons. The lowest BCUT2D eigenvalue weighted by atomic mass is 9.95. The van der Waals surface area contributed by atoms with E-state index < -0.39 is 12.5 Å². The van der Waals surface area contributed by atoms with Crippen LogP contribution >= 0.6 is 6.49 Å². The molecule has 14 heteroatoms. The second-order valence-electron chi connectivity index (χ2n) is 12.4. The number of benzene rings is 3. The summed E-state index contributed by atoms with van der Waals surface area (Å²) < 4.78 is 13.0. The largest absolute Gasteiger partial charge is 0.492 e. The minimum Gasteiger partial charge on any atom is -0.492 e. The summed E-state index contributed by atoms with van der Waals surface area (Å²) in [4.78, 5) is 48.7. The molecular weight excluding hydrogens is 689 g/mol. The highest BCUT2D eigenvalue weighted by atomic mass is 32.5. The molecule has 270 valence electrons. The van der Waals surface area contributed by atoms with Crippen molar-refractivity contribution in [1.82, 2.24) is 20.3 Å². The van der Waals surface area contributed by atoms with Crippen LogP contribution in [0, 0.1) is 0 Å². The van der Waals surface area contributed by atoms with Crippen LogP contribution in [0.4, 0.5) is 5.69 Å². The zero-order valence-electron chi connectivity index (χ0n) is 28.7. The van der Waals surface area contributed by atoms with E-state index in [2.05, 4.69) is 15.6 Å². The molecule has 1 aliphatic heterocycles. The molecular formula is C37H44N5O7PS. The average Bonchev–Trinajstić information content (AvgIpc) is 3.52. The van der Waals surface area contributed by atoms with E-state index in [1.807, 2.05) is 58.1 Å². The molecule has 0 spiro atoms. The number of carbonyl (C=O) groups is 3. The molecule has 0 saturated heterocycles. The summed E-state index contributed by atoms with van der Waals surface area (Å²) in [5, 5.41) is 21.2. The first-order chi connectivity index (χ1) is 24.6. The van der Waals surface area contributed by atoms with Crippen LogP contribution in [0.5, 0.6) is 5.75 Å². The van der Waals surface area contributed by atoms with Crippen molar-refractivity contribution in [2.24, 2.45) is 0 Å². The number of ether oxygens (including phenoxy) is 1. The van der Waals surface area contributed by atoms with E-state index in [-0.39, 0.29) is 24.0 Å². The number of nitrogens with one attached hydrogen (secondary N) is 1. The number of unbranched alkanes of at least 4 members (excludes halogenated alkanes) is 4. The molecule has 0 fully saturated rings. The number of nitrogens with zero attached hydrogens (tertiary/aromatic N) is 4. The van der Waals surface area contributed by atoms with Gasteiger partial charge in [0.1, 0.15) is 18.1 Å². The van der Waals surface area contributed by atoms with Gasteiger partial charge in [-0.2, -0.15) is 0 Å². The maximum Gasteiger partial charge on any atom is 0.335 e. The number of hydrogen-bond acceptors (Lipinski definition) is 8. The van der Waals surface area contributed by atoms with E-state index in [0.29, 0.717) is 63.4 Å². The van der Waals surface area contributed by atoms with Crippen LogP contribution in [-0.4, -0.2) is 69.2 Å². The van der Waals surface area contributed by atoms with Gasteiger partial charge in [0.15, 0.2) is 6.49 Å². The van der Waals surface area contributed by atoms with Crippen molar-refractivity contribution in [3.63, 3.8) is 0 Å². The van der Waals surface area contributed by atoms with Gasteiger partial charge in [0.05, 0.1) is 36.6 Å². The summed E-state index contributed by atoms with van der Waals surface area (Å²) in [5.74, 6) is -0.481. The number of carbonyl (C=O) groups excluding carboxylic acids is 2. The van der Waals surface area contributed by atoms with E-state index in [9.17, 15) is 19.3 Å². The number of anilines is 1. The number of rotatable bonds is 18. The van der Waals surface area contributed by atoms with Gasteiger partial charge in [-0.15, -0.1) is 5.10 Å². The Kier molecular flexibility index (Phi) is 13.5. The third kappa shape index (κ3) is 10.8. The van der Waals surface area contributed by atoms with Crippen molar-refractivity contribution in [3.05, 3.63) is 83.9 Å². The maximum atomic E-state index is 13.8. The Bertz CT molecular complexity index is 1860. The molecule has 3 N–H and O–H groups in total. The minimum absolute atomic E-state index is 0.0135. The van der Waals surface area contributed by atoms with Gasteiger partial charge in [-0.05, 0) is 73.4 Å². The fourth-order valence-electron chi connectivity index (χ4n) is 5.97. The van der Waals surface area contributed by atoms with Gasteiger partial charge in [0.25, 0.3) is 0 Å². The van der Waals surface area contributed by atoms with Crippen molar-refractivity contribution >= 4 is 41.8 Å². The van der Waals surface area contributed by atoms with Gasteiger partial charge >= 0.3 is 5.97 Å². The predicted octanol–water partition coefficient (Wildman–Crippen LogP) is 6.42. The summed E-state index contributed by atoms with van der Waals surface area (Å²) in [7, 11) is 0. The topological polar surface area (TPSA) is 156 Å². The van der Waals surface area contributed by atoms with Gasteiger partial charge in [-0.3, -0.25) is 9.59 Å². The lowest BCUT2D eigenvalue weighted by molar-refractivity contribution is -0.122. The smallest absolute Gasteiger partial charge is 0.335 e. The lowest BCUT2D eigenvalue weighted by Crippen LogP contribution is -2.31. The van der Waals surface area contributed by atoms with Crippen molar-refractivity contribution in [2.45, 2.75) is 64.5 Å². The molecule has 1 atom stereocenters. The van der Waals surface area contributed by atoms with E-state index in [1.165, 1.54) is 12.1 Å². The Hall–Kier alpha value is -4.42. The molecule has 1 unspecified atom stereocenters. The number of aromatic carboxylic acids is 1. The van der Waals surface area contributed by atoms with Crippen LogP contribution in [0.3, 0.4) is 0 Å². The highest BCUT2D eigenvalue weighted by Crippen LogP contribution is 2.41. The van der Waals surface area contributed by atoms with E-state index in [1.54, 1.807) is 18.8 Å². The first-order valence-corrected chi connectivity index (χ1v) is 20.3. The molecule has 5 rings (SSSR count). The van der Waals surface area contributed by atoms with Crippen molar-refractivity contribution in [3.8, 4) is 28.3 Å². The molecule has 0 bridgehead atoms. The summed E-state index contributed by atoms with van der Waals surface area (Å²) in [6, 6.07) is 21.9. The van der Waals surface area contributed by atoms with Crippen molar-refractivity contribution in [2.75, 3.05) is 31.3 Å². The Labute approximate surface area is 302 Å². The molecule has 51 heavy (non-hydrogen) atoms. The van der Waals surface area contributed by atoms with E-state index in [4.69, 9.17) is 26.2 Å². The summed E-state index contributed by atoms with van der Waals surface area (Å²) >= 11 is 4.86. The molecule has 0 aliphatic carbocycles. The highest BCUT2D eigenvalue weighted by molar-refractivity contribution is 8.09. The zero-order valence-corrected chi connectivity index (χ0v) is 30.4. The Morgan fingerprint density at radius 2 is 1.59 bits per heavy atom. The van der Waals surface area contributed by atoms with Crippen LogP contribution in [0.2, 0.25) is 0 Å². The molecule has 1 aliphatic rings. The number of hydrogen-bond donors (Lipinski definition) is 3. The average molecular weight is 734 g/mol. The summed E-state index contributed by atoms with van der Waals surface area (Å²) in [6.07, 6.45) is 5.45. The monoisotopic (exact) mass is 733 g/mol. The fraction of sp³-hybridized carbons (Fsp3) is 0.378. The maximum absolute atomic E-state index is 13.8. The molecule has 1 aromatic heterocycles. The third-order valence-electron chi connectivity index (χ3n) is 8.53. The third-order valence-corrected chi connectivity index (χ3v) is 9.51. The van der Waals surface area contributed by atoms with Crippen molar-refractivity contribution < 1.29 is 33.6 Å². The minimum atomic E-state index is -2.59. The second kappa shape index (κ2) is 18.2. The molecule has 2 amide bonds. The fourth-order valence-corrected chi connectivity index (χ4v) is 6.66. The van der Waals surface area contributed by atoms with Gasteiger partial charge in [0.2, 0.25) is 11.8 Å². The molecule has 2 heterocycles. The summed E-state index contributed by atoms with van der Waals surface area (Å²) in [6.45, 7) is 1.06. The molecule has 3 aromatic carbocycles. The number of aromatic nitrogens is 3. The van der Waals surface area contributed by atoms with E-state index in [0.717, 1.165) is 53.8 Å². The summed E-state index contributed by atoms with van der Waals surface area (Å²) in [5.41, 5.74) is 5.11. The van der Waals surface area contributed by atoms with Gasteiger partial charge < -0.3 is 29.5 Å². The Morgan fingerprint density at radius 1 is 0.882 bits per heavy atom. The molecule has 0 saturated carbocycles. The van der Waals surface area contributed by atoms with Crippen LogP contribution < -0.4 is 15.0 Å². The van der Waals surface area contributed by atoms with E-state index >= 15 is 0 Å². The number of para-hydroxylation sites is 1. The molecule has 4 aromatic rings. The normalized spacial score (nSPS) is 13.2. The number of carboxylic acids is 1. The Morgan fingerprint density at radius 3 is 2.35 bits per heavy atom. The van der Waals surface area contributed by atoms with Crippen molar-refractivity contribution in [1.29, 1.82) is 0 Å². The quantitative estimate of drug-likeness (QED) is 0.0771. The highest BCUT2D eigenvalue weighted by Gasteiger charge is 2.29. The Balaban J connectivity index is 1.17. The number of amides is 2. The standard InChI is InChI=1S/C37H44N5O7PS/c1-50(47,51)49-24-11-3-2-10-22-38-33(43)16-8-9-17-34(44)41-26-28-12-4-5-13-30(28)36-35(31-14-6-7-15-32(31)41)39-40-42(36)23-25-48-29-20-18-27(19-21-29)37(45)46/h4-7,12-15,18-21H,2-3,8-11,16-17,22-26H2,1H3,(H,38,43)(H,45,46)(H,47,51). The predicted molar refractivity (Wildman–Crippen MR) is 199 cm³/mol. The SMILES string of the molecule is CP(O)(=S)OCCCCCCNC(=O)CCCCC(=O)N1Cc2ccccc2-c2c(nnn2CCOc2ccc(C(=O)O)cc2)-c2ccccc21. The van der Waals surface area contributed by atoms with Gasteiger partial charge in [-0.25, -0.2) is 9.48 Å². The number of fused-ring (bicyclic) bond motifs is 5. The van der Waals surface area contributed by atoms with Crippen LogP contribution in [-0.2, 0) is 39.0 Å². The van der Waals surface area contributed by atoms with Gasteiger partial charge in [0, 0.05) is 37.2 Å². The van der Waals surface area contributed by atoms with Crippen LogP contribution in [0.15, 0.2) is 72.8 Å². The number of carboxylic acid groups (broad SMARTS) is 1. The molecule has 12 nitrogen and oxygen atoms in total. The second-order valence-corrected chi connectivity index (χ2v) is 16.3. The van der Waals surface area contributed by atoms with Gasteiger partial charge in [-0.1, -0.05) is 60.5 Å². The van der Waals surface area contributed by atoms with Crippen LogP contribution in [0.25, 0.3) is 22.5 Å². The zero-order chi connectivity index (χ0) is 36.2. The first kappa shape index (κ1) is 37.8. The lowest BCUT2D eigenvalue weighted by Gasteiger charge is -2.28.